The van der Waals surface area contributed by atoms with Crippen LogP contribution in [0.2, 0.25) is 0 Å². The predicted molar refractivity (Wildman–Crippen MR) is 69.2 cm³/mol. The summed E-state index contributed by atoms with van der Waals surface area (Å²) in [7, 11) is 0. The number of halogens is 3. The highest BCUT2D eigenvalue weighted by molar-refractivity contribution is 5.77. The molecule has 1 aliphatic heterocycles. The summed E-state index contributed by atoms with van der Waals surface area (Å²) < 4.78 is 36.7. The van der Waals surface area contributed by atoms with E-state index in [1.54, 1.807) is 0 Å². The zero-order valence-electron chi connectivity index (χ0n) is 11.5. The first kappa shape index (κ1) is 15.6. The van der Waals surface area contributed by atoms with Gasteiger partial charge in [-0.25, -0.2) is 0 Å². The van der Waals surface area contributed by atoms with Gasteiger partial charge in [0, 0.05) is 13.1 Å². The molecule has 1 heterocycles. The van der Waals surface area contributed by atoms with Gasteiger partial charge in [-0.2, -0.15) is 13.2 Å². The van der Waals surface area contributed by atoms with Crippen LogP contribution in [0.25, 0.3) is 0 Å². The summed E-state index contributed by atoms with van der Waals surface area (Å²) in [6.45, 7) is 1.68. The van der Waals surface area contributed by atoms with Crippen LogP contribution in [0.1, 0.15) is 19.3 Å². The maximum absolute atomic E-state index is 12.2. The highest BCUT2D eigenvalue weighted by atomic mass is 19.4. The van der Waals surface area contributed by atoms with E-state index >= 15 is 0 Å². The normalized spacial score (nSPS) is 24.1. The van der Waals surface area contributed by atoms with Crippen molar-refractivity contribution < 1.29 is 18.0 Å². The van der Waals surface area contributed by atoms with E-state index in [0.717, 1.165) is 12.5 Å². The van der Waals surface area contributed by atoms with E-state index in [0.29, 0.717) is 32.6 Å². The fourth-order valence-electron chi connectivity index (χ4n) is 2.51. The van der Waals surface area contributed by atoms with Crippen LogP contribution in [0.5, 0.6) is 0 Å². The minimum absolute atomic E-state index is 0.0695. The number of hydrogen-bond donors (Lipinski definition) is 2. The highest BCUT2D eigenvalue weighted by Crippen LogP contribution is 2.27. The molecule has 116 valence electrons. The maximum Gasteiger partial charge on any atom is 0.401 e. The van der Waals surface area contributed by atoms with Crippen molar-refractivity contribution in [1.29, 1.82) is 0 Å². The summed E-state index contributed by atoms with van der Waals surface area (Å²) in [5.74, 6) is 0.790. The third kappa shape index (κ3) is 6.09. The Balaban J connectivity index is 1.54. The van der Waals surface area contributed by atoms with Gasteiger partial charge in [0.05, 0.1) is 13.1 Å². The standard InChI is InChI=1S/C13H22F3N3O/c14-13(15,16)9-19-4-3-11(8-19)6-18-12(20)7-17-5-10-1-2-10/h10-11,17H,1-9H2,(H,18,20). The van der Waals surface area contributed by atoms with Crippen LogP contribution in [0, 0.1) is 11.8 Å². The minimum atomic E-state index is -4.13. The van der Waals surface area contributed by atoms with Crippen molar-refractivity contribution >= 4 is 5.91 Å². The molecule has 1 saturated heterocycles. The maximum atomic E-state index is 12.2. The molecule has 2 rings (SSSR count). The summed E-state index contributed by atoms with van der Waals surface area (Å²) in [6.07, 6.45) is -0.936. The van der Waals surface area contributed by atoms with Crippen molar-refractivity contribution in [3.8, 4) is 0 Å². The van der Waals surface area contributed by atoms with E-state index in [1.165, 1.54) is 17.7 Å². The van der Waals surface area contributed by atoms with Crippen molar-refractivity contribution in [1.82, 2.24) is 15.5 Å². The van der Waals surface area contributed by atoms with Gasteiger partial charge < -0.3 is 10.6 Å². The van der Waals surface area contributed by atoms with Gasteiger partial charge >= 0.3 is 6.18 Å². The van der Waals surface area contributed by atoms with Crippen LogP contribution in [0.4, 0.5) is 13.2 Å². The smallest absolute Gasteiger partial charge is 0.355 e. The monoisotopic (exact) mass is 293 g/mol. The Kier molecular flexibility index (Phi) is 5.26. The van der Waals surface area contributed by atoms with Gasteiger partial charge in [0.25, 0.3) is 0 Å². The fourth-order valence-corrected chi connectivity index (χ4v) is 2.51. The molecular weight excluding hydrogens is 271 g/mol. The van der Waals surface area contributed by atoms with Crippen LogP contribution < -0.4 is 10.6 Å². The molecular formula is C13H22F3N3O. The quantitative estimate of drug-likeness (QED) is 0.736. The van der Waals surface area contributed by atoms with Gasteiger partial charge in [0.1, 0.15) is 0 Å². The summed E-state index contributed by atoms with van der Waals surface area (Å²) in [4.78, 5) is 12.9. The SMILES string of the molecule is O=C(CNCC1CC1)NCC1CCN(CC(F)(F)F)C1. The number of hydrogen-bond acceptors (Lipinski definition) is 3. The molecule has 2 aliphatic rings. The first-order chi connectivity index (χ1) is 9.42. The summed E-state index contributed by atoms with van der Waals surface area (Å²) in [5.41, 5.74) is 0. The van der Waals surface area contributed by atoms with E-state index in [9.17, 15) is 18.0 Å². The molecule has 0 bridgehead atoms. The van der Waals surface area contributed by atoms with Crippen LogP contribution in [0.15, 0.2) is 0 Å². The lowest BCUT2D eigenvalue weighted by Crippen LogP contribution is -2.38. The molecule has 1 saturated carbocycles. The molecule has 1 aliphatic carbocycles. The lowest BCUT2D eigenvalue weighted by molar-refractivity contribution is -0.143. The van der Waals surface area contributed by atoms with Gasteiger partial charge in [-0.3, -0.25) is 9.69 Å². The fraction of sp³-hybridized carbons (Fsp3) is 0.923. The lowest BCUT2D eigenvalue weighted by Gasteiger charge is -2.18. The van der Waals surface area contributed by atoms with Gasteiger partial charge in [-0.05, 0) is 44.2 Å². The van der Waals surface area contributed by atoms with Gasteiger partial charge in [-0.15, -0.1) is 0 Å². The molecule has 20 heavy (non-hydrogen) atoms. The molecule has 4 nitrogen and oxygen atoms in total. The third-order valence-corrected chi connectivity index (χ3v) is 3.78. The van der Waals surface area contributed by atoms with Crippen LogP contribution in [0.3, 0.4) is 0 Å². The second-order valence-corrected chi connectivity index (χ2v) is 5.88. The van der Waals surface area contributed by atoms with Gasteiger partial charge in [-0.1, -0.05) is 0 Å². The zero-order valence-corrected chi connectivity index (χ0v) is 11.5. The van der Waals surface area contributed by atoms with Crippen LogP contribution >= 0.6 is 0 Å². The molecule has 0 aromatic rings. The Labute approximate surface area is 117 Å². The van der Waals surface area contributed by atoms with Crippen LogP contribution in [-0.4, -0.2) is 56.3 Å². The van der Waals surface area contributed by atoms with Crippen LogP contribution in [-0.2, 0) is 4.79 Å². The zero-order chi connectivity index (χ0) is 14.6. The first-order valence-electron chi connectivity index (χ1n) is 7.19. The minimum Gasteiger partial charge on any atom is -0.355 e. The Morgan fingerprint density at radius 2 is 1.90 bits per heavy atom. The van der Waals surface area contributed by atoms with Crippen molar-refractivity contribution in [3.05, 3.63) is 0 Å². The number of likely N-dealkylation sites (tertiary alicyclic amines) is 1. The van der Waals surface area contributed by atoms with E-state index in [1.807, 2.05) is 0 Å². The van der Waals surface area contributed by atoms with Gasteiger partial charge in [0.15, 0.2) is 0 Å². The second-order valence-electron chi connectivity index (χ2n) is 5.88. The molecule has 2 N–H and O–H groups in total. The molecule has 7 heteroatoms. The number of nitrogens with one attached hydrogen (secondary N) is 2. The molecule has 0 aromatic heterocycles. The molecule has 2 fully saturated rings. The Morgan fingerprint density at radius 3 is 2.55 bits per heavy atom. The number of alkyl halides is 3. The number of nitrogens with zero attached hydrogens (tertiary/aromatic N) is 1. The summed E-state index contributed by atoms with van der Waals surface area (Å²) in [5, 5.41) is 5.88. The highest BCUT2D eigenvalue weighted by Gasteiger charge is 2.34. The Hall–Kier alpha value is -0.820. The summed E-state index contributed by atoms with van der Waals surface area (Å²) >= 11 is 0. The Morgan fingerprint density at radius 1 is 1.15 bits per heavy atom. The number of rotatable bonds is 7. The molecule has 0 aromatic carbocycles. The molecule has 1 unspecified atom stereocenters. The average molecular weight is 293 g/mol. The van der Waals surface area contributed by atoms with Crippen molar-refractivity contribution in [2.75, 3.05) is 39.3 Å². The Bertz CT molecular complexity index is 331. The second kappa shape index (κ2) is 6.76. The van der Waals surface area contributed by atoms with E-state index in [-0.39, 0.29) is 11.8 Å². The average Bonchev–Trinajstić information content (AvgIpc) is 3.05. The number of carbonyl (C=O) groups is 1. The summed E-state index contributed by atoms with van der Waals surface area (Å²) in [6, 6.07) is 0. The van der Waals surface area contributed by atoms with Crippen molar-refractivity contribution in [2.24, 2.45) is 11.8 Å². The molecule has 1 atom stereocenters. The number of carbonyl (C=O) groups excluding carboxylic acids is 1. The topological polar surface area (TPSA) is 44.4 Å². The van der Waals surface area contributed by atoms with E-state index < -0.39 is 12.7 Å². The first-order valence-corrected chi connectivity index (χ1v) is 7.19. The van der Waals surface area contributed by atoms with E-state index in [4.69, 9.17) is 0 Å². The molecule has 1 amide bonds. The van der Waals surface area contributed by atoms with Crippen molar-refractivity contribution in [3.63, 3.8) is 0 Å². The van der Waals surface area contributed by atoms with Gasteiger partial charge in [0.2, 0.25) is 5.91 Å². The molecule has 0 spiro atoms. The lowest BCUT2D eigenvalue weighted by atomic mass is 10.1. The van der Waals surface area contributed by atoms with E-state index in [2.05, 4.69) is 10.6 Å². The third-order valence-electron chi connectivity index (χ3n) is 3.78. The predicted octanol–water partition coefficient (Wildman–Crippen LogP) is 0.986. The largest absolute Gasteiger partial charge is 0.401 e. The number of amides is 1. The molecule has 0 radical (unpaired) electrons. The van der Waals surface area contributed by atoms with Crippen molar-refractivity contribution in [2.45, 2.75) is 25.4 Å².